The summed E-state index contributed by atoms with van der Waals surface area (Å²) in [6.07, 6.45) is 0. The van der Waals surface area contributed by atoms with E-state index in [1.165, 1.54) is 38.1 Å². The summed E-state index contributed by atoms with van der Waals surface area (Å²) in [6, 6.07) is 82.9. The van der Waals surface area contributed by atoms with Gasteiger partial charge in [-0.15, -0.1) is 0 Å². The molecule has 0 saturated carbocycles. The predicted molar refractivity (Wildman–Crippen MR) is 257 cm³/mol. The van der Waals surface area contributed by atoms with E-state index < -0.39 is 0 Å². The van der Waals surface area contributed by atoms with Crippen molar-refractivity contribution in [3.63, 3.8) is 0 Å². The molecule has 0 saturated heterocycles. The Bertz CT molecular complexity index is 3530. The highest BCUT2D eigenvalue weighted by Crippen LogP contribution is 2.48. The van der Waals surface area contributed by atoms with Crippen molar-refractivity contribution in [1.82, 2.24) is 4.57 Å². The average Bonchev–Trinajstić information content (AvgIpc) is 3.88. The Morgan fingerprint density at radius 2 is 0.803 bits per heavy atom. The molecular formula is C58H38N2O. The number of benzene rings is 10. The van der Waals surface area contributed by atoms with Crippen LogP contribution in [-0.2, 0) is 0 Å². The minimum absolute atomic E-state index is 0.879. The fourth-order valence-corrected chi connectivity index (χ4v) is 9.47. The number of furan rings is 1. The van der Waals surface area contributed by atoms with Gasteiger partial charge in [0.2, 0.25) is 0 Å². The molecule has 2 aromatic heterocycles. The van der Waals surface area contributed by atoms with Gasteiger partial charge in [-0.3, -0.25) is 0 Å². The van der Waals surface area contributed by atoms with E-state index in [0.29, 0.717) is 0 Å². The normalized spacial score (nSPS) is 11.6. The molecule has 61 heavy (non-hydrogen) atoms. The third-order valence-electron chi connectivity index (χ3n) is 12.2. The summed E-state index contributed by atoms with van der Waals surface area (Å²) in [5.74, 6) is 0. The molecule has 0 bridgehead atoms. The number of aromatic nitrogens is 1. The van der Waals surface area contributed by atoms with Crippen molar-refractivity contribution >= 4 is 71.6 Å². The average molecular weight is 779 g/mol. The fourth-order valence-electron chi connectivity index (χ4n) is 9.47. The second-order valence-electron chi connectivity index (χ2n) is 15.6. The van der Waals surface area contributed by atoms with Crippen LogP contribution in [-0.4, -0.2) is 4.57 Å². The van der Waals surface area contributed by atoms with Crippen LogP contribution < -0.4 is 4.90 Å². The molecular weight excluding hydrogens is 741 g/mol. The standard InChI is InChI=1S/C58H38N2O/c1-2-17-44-41(15-1)16-13-23-45(44)46-18-3-8-25-52(46)59(55-28-11-6-21-49(55)50-24-14-30-57-58(50)51-22-7-12-29-56(51)61-57)42-35-31-39(32-36-42)40-33-37-43(38-34-40)60-53-26-9-4-19-47(53)48-20-5-10-27-54(48)60/h1-38H. The van der Waals surface area contributed by atoms with Gasteiger partial charge in [-0.1, -0.05) is 170 Å². The maximum absolute atomic E-state index is 6.41. The number of hydrogen-bond acceptors (Lipinski definition) is 2. The second kappa shape index (κ2) is 14.3. The van der Waals surface area contributed by atoms with E-state index in [4.69, 9.17) is 4.42 Å². The second-order valence-corrected chi connectivity index (χ2v) is 15.6. The monoisotopic (exact) mass is 778 g/mol. The van der Waals surface area contributed by atoms with Gasteiger partial charge in [0.05, 0.1) is 22.4 Å². The molecule has 0 aliphatic rings. The van der Waals surface area contributed by atoms with Crippen molar-refractivity contribution < 1.29 is 4.42 Å². The van der Waals surface area contributed by atoms with E-state index in [-0.39, 0.29) is 0 Å². The molecule has 12 aromatic rings. The van der Waals surface area contributed by atoms with Gasteiger partial charge in [0, 0.05) is 44.0 Å². The third kappa shape index (κ3) is 5.74. The van der Waals surface area contributed by atoms with Gasteiger partial charge in [-0.2, -0.15) is 0 Å². The van der Waals surface area contributed by atoms with Crippen molar-refractivity contribution in [3.8, 4) is 39.1 Å². The van der Waals surface area contributed by atoms with E-state index in [9.17, 15) is 0 Å². The van der Waals surface area contributed by atoms with E-state index in [1.807, 2.05) is 6.07 Å². The summed E-state index contributed by atoms with van der Waals surface area (Å²) < 4.78 is 8.78. The predicted octanol–water partition coefficient (Wildman–Crippen LogP) is 16.3. The Labute approximate surface area is 353 Å². The van der Waals surface area contributed by atoms with Crippen LogP contribution in [0.3, 0.4) is 0 Å². The van der Waals surface area contributed by atoms with Gasteiger partial charge in [0.15, 0.2) is 0 Å². The first-order chi connectivity index (χ1) is 30.3. The quantitative estimate of drug-likeness (QED) is 0.161. The van der Waals surface area contributed by atoms with Crippen LogP contribution >= 0.6 is 0 Å². The molecule has 0 fully saturated rings. The molecule has 3 nitrogen and oxygen atoms in total. The topological polar surface area (TPSA) is 21.3 Å². The SMILES string of the molecule is c1ccc(N(c2ccc(-c3ccc(-n4c5ccccc5c5ccccc54)cc3)cc2)c2ccccc2-c2cccc3oc4ccccc4c23)c(-c2cccc3ccccc23)c1. The molecule has 0 aliphatic carbocycles. The van der Waals surface area contributed by atoms with Crippen LogP contribution in [0.15, 0.2) is 235 Å². The Balaban J connectivity index is 1.01. The molecule has 0 radical (unpaired) electrons. The smallest absolute Gasteiger partial charge is 0.136 e. The number of para-hydroxylation sites is 5. The van der Waals surface area contributed by atoms with Gasteiger partial charge < -0.3 is 13.9 Å². The first kappa shape index (κ1) is 34.9. The first-order valence-corrected chi connectivity index (χ1v) is 20.8. The van der Waals surface area contributed by atoms with Crippen LogP contribution in [0.1, 0.15) is 0 Å². The maximum Gasteiger partial charge on any atom is 0.136 e. The maximum atomic E-state index is 6.41. The summed E-state index contributed by atoms with van der Waals surface area (Å²) in [6.45, 7) is 0. The molecule has 0 aliphatic heterocycles. The Hall–Kier alpha value is -8.14. The van der Waals surface area contributed by atoms with Gasteiger partial charge in [0.1, 0.15) is 11.2 Å². The molecule has 10 aromatic carbocycles. The van der Waals surface area contributed by atoms with Crippen LogP contribution in [0.25, 0.3) is 93.6 Å². The number of anilines is 3. The molecule has 286 valence electrons. The summed E-state index contributed by atoms with van der Waals surface area (Å²) in [5.41, 5.74) is 15.5. The summed E-state index contributed by atoms with van der Waals surface area (Å²) >= 11 is 0. The van der Waals surface area contributed by atoms with E-state index in [2.05, 4.69) is 234 Å². The Kier molecular flexibility index (Phi) is 8.17. The van der Waals surface area contributed by atoms with Gasteiger partial charge in [0.25, 0.3) is 0 Å². The largest absolute Gasteiger partial charge is 0.456 e. The minimum Gasteiger partial charge on any atom is -0.456 e. The van der Waals surface area contributed by atoms with Crippen molar-refractivity contribution in [1.29, 1.82) is 0 Å². The molecule has 2 heterocycles. The Morgan fingerprint density at radius 3 is 1.51 bits per heavy atom. The highest BCUT2D eigenvalue weighted by atomic mass is 16.3. The van der Waals surface area contributed by atoms with Gasteiger partial charge >= 0.3 is 0 Å². The molecule has 0 unspecified atom stereocenters. The molecule has 12 rings (SSSR count). The highest BCUT2D eigenvalue weighted by Gasteiger charge is 2.23. The minimum atomic E-state index is 0.879. The summed E-state index contributed by atoms with van der Waals surface area (Å²) in [4.78, 5) is 2.43. The van der Waals surface area contributed by atoms with Crippen molar-refractivity contribution in [2.45, 2.75) is 0 Å². The van der Waals surface area contributed by atoms with Crippen LogP contribution in [0.2, 0.25) is 0 Å². The van der Waals surface area contributed by atoms with Crippen LogP contribution in [0.4, 0.5) is 17.1 Å². The van der Waals surface area contributed by atoms with Gasteiger partial charge in [-0.25, -0.2) is 0 Å². The van der Waals surface area contributed by atoms with Crippen LogP contribution in [0.5, 0.6) is 0 Å². The number of hydrogen-bond donors (Lipinski definition) is 0. The van der Waals surface area contributed by atoms with Crippen molar-refractivity contribution in [2.24, 2.45) is 0 Å². The molecule has 0 amide bonds. The molecule has 3 heteroatoms. The van der Waals surface area contributed by atoms with Crippen LogP contribution in [0, 0.1) is 0 Å². The van der Waals surface area contributed by atoms with Crippen molar-refractivity contribution in [3.05, 3.63) is 231 Å². The molecule has 0 atom stereocenters. The first-order valence-electron chi connectivity index (χ1n) is 20.8. The van der Waals surface area contributed by atoms with E-state index in [0.717, 1.165) is 72.5 Å². The lowest BCUT2D eigenvalue weighted by atomic mass is 9.94. The zero-order valence-corrected chi connectivity index (χ0v) is 33.2. The van der Waals surface area contributed by atoms with E-state index >= 15 is 0 Å². The number of nitrogens with zero attached hydrogens (tertiary/aromatic N) is 2. The van der Waals surface area contributed by atoms with E-state index in [1.54, 1.807) is 0 Å². The lowest BCUT2D eigenvalue weighted by Gasteiger charge is -2.30. The third-order valence-corrected chi connectivity index (χ3v) is 12.2. The lowest BCUT2D eigenvalue weighted by molar-refractivity contribution is 0.669. The van der Waals surface area contributed by atoms with Crippen molar-refractivity contribution in [2.75, 3.05) is 4.90 Å². The number of fused-ring (bicyclic) bond motifs is 7. The zero-order chi connectivity index (χ0) is 40.3. The summed E-state index contributed by atoms with van der Waals surface area (Å²) in [5, 5.41) is 7.20. The zero-order valence-electron chi connectivity index (χ0n) is 33.2. The summed E-state index contributed by atoms with van der Waals surface area (Å²) in [7, 11) is 0. The molecule has 0 spiro atoms. The highest BCUT2D eigenvalue weighted by molar-refractivity contribution is 6.14. The van der Waals surface area contributed by atoms with Gasteiger partial charge in [-0.05, 0) is 93.7 Å². The fraction of sp³-hybridized carbons (Fsp3) is 0. The molecule has 0 N–H and O–H groups in total. The lowest BCUT2D eigenvalue weighted by Crippen LogP contribution is -2.12. The Morgan fingerprint density at radius 1 is 0.328 bits per heavy atom. The number of rotatable bonds is 7.